The van der Waals surface area contributed by atoms with E-state index in [9.17, 15) is 9.59 Å². The Morgan fingerprint density at radius 2 is 2.06 bits per heavy atom. The zero-order valence-electron chi connectivity index (χ0n) is 11.5. The second-order valence-corrected chi connectivity index (χ2v) is 5.88. The first-order valence-corrected chi connectivity index (χ1v) is 6.48. The van der Waals surface area contributed by atoms with Gasteiger partial charge in [-0.15, -0.1) is 0 Å². The molecule has 3 nitrogen and oxygen atoms in total. The van der Waals surface area contributed by atoms with E-state index in [-0.39, 0.29) is 17.0 Å². The van der Waals surface area contributed by atoms with Gasteiger partial charge >= 0.3 is 0 Å². The molecule has 1 aromatic rings. The molecule has 0 spiro atoms. The predicted octanol–water partition coefficient (Wildman–Crippen LogP) is 3.47. The van der Waals surface area contributed by atoms with Gasteiger partial charge in [-0.1, -0.05) is 20.3 Å². The number of aryl methyl sites for hydroxylation is 2. The summed E-state index contributed by atoms with van der Waals surface area (Å²) in [6.07, 6.45) is 2.48. The molecule has 0 bridgehead atoms. The molecule has 1 aliphatic carbocycles. The molecular formula is C15H20O3. The molecule has 0 aromatic carbocycles. The lowest BCUT2D eigenvalue weighted by Gasteiger charge is -2.32. The van der Waals surface area contributed by atoms with E-state index in [0.717, 1.165) is 18.6 Å². The smallest absolute Gasteiger partial charge is 0.176 e. The molecule has 0 N–H and O–H groups in total. The Hall–Kier alpha value is -1.38. The topological polar surface area (TPSA) is 47.3 Å². The second-order valence-electron chi connectivity index (χ2n) is 5.88. The van der Waals surface area contributed by atoms with Gasteiger partial charge in [0.05, 0.1) is 11.5 Å². The first-order valence-electron chi connectivity index (χ1n) is 6.48. The summed E-state index contributed by atoms with van der Waals surface area (Å²) in [6, 6.07) is 1.74. The van der Waals surface area contributed by atoms with Crippen LogP contribution in [0.4, 0.5) is 0 Å². The molecule has 3 heteroatoms. The van der Waals surface area contributed by atoms with Crippen LogP contribution in [0.25, 0.3) is 0 Å². The highest BCUT2D eigenvalue weighted by molar-refractivity contribution is 6.12. The number of ketones is 2. The van der Waals surface area contributed by atoms with Crippen LogP contribution in [0.2, 0.25) is 0 Å². The molecule has 1 saturated carbocycles. The molecule has 1 aliphatic rings. The van der Waals surface area contributed by atoms with Crippen LogP contribution in [0.3, 0.4) is 0 Å². The molecule has 0 aliphatic heterocycles. The Morgan fingerprint density at radius 1 is 1.39 bits per heavy atom. The fraction of sp³-hybridized carbons (Fsp3) is 0.600. The molecule has 2 rings (SSSR count). The van der Waals surface area contributed by atoms with Crippen molar-refractivity contribution < 1.29 is 14.0 Å². The van der Waals surface area contributed by atoms with E-state index < -0.39 is 5.92 Å². The Balaban J connectivity index is 2.29. The monoisotopic (exact) mass is 248 g/mol. The minimum atomic E-state index is -0.482. The highest BCUT2D eigenvalue weighted by Gasteiger charge is 2.41. The van der Waals surface area contributed by atoms with Crippen molar-refractivity contribution in [3.05, 3.63) is 23.2 Å². The van der Waals surface area contributed by atoms with Gasteiger partial charge in [-0.3, -0.25) is 9.59 Å². The molecule has 1 atom stereocenters. The third kappa shape index (κ3) is 2.14. The molecule has 0 saturated heterocycles. The largest absolute Gasteiger partial charge is 0.466 e. The Morgan fingerprint density at radius 3 is 2.61 bits per heavy atom. The van der Waals surface area contributed by atoms with Crippen molar-refractivity contribution in [3.63, 3.8) is 0 Å². The highest BCUT2D eigenvalue weighted by atomic mass is 16.3. The predicted molar refractivity (Wildman–Crippen MR) is 68.6 cm³/mol. The Bertz CT molecular complexity index is 494. The third-order valence-electron chi connectivity index (χ3n) is 3.90. The zero-order chi connectivity index (χ0) is 13.5. The normalized spacial score (nSPS) is 23.1. The summed E-state index contributed by atoms with van der Waals surface area (Å²) in [5.74, 6) is 0.871. The molecule has 1 aromatic heterocycles. The van der Waals surface area contributed by atoms with Crippen LogP contribution in [-0.4, -0.2) is 11.6 Å². The van der Waals surface area contributed by atoms with Gasteiger partial charge in [0, 0.05) is 5.41 Å². The van der Waals surface area contributed by atoms with Crippen LogP contribution in [0.15, 0.2) is 10.5 Å². The maximum atomic E-state index is 12.5. The maximum absolute atomic E-state index is 12.5. The number of carbonyl (C=O) groups excluding carboxylic acids is 2. The number of furan rings is 1. The van der Waals surface area contributed by atoms with Crippen molar-refractivity contribution in [2.24, 2.45) is 11.3 Å². The quantitative estimate of drug-likeness (QED) is 0.594. The van der Waals surface area contributed by atoms with E-state index >= 15 is 0 Å². The first-order chi connectivity index (χ1) is 8.33. The van der Waals surface area contributed by atoms with Crippen molar-refractivity contribution >= 4 is 11.6 Å². The van der Waals surface area contributed by atoms with Gasteiger partial charge in [-0.2, -0.15) is 0 Å². The lowest BCUT2D eigenvalue weighted by molar-refractivity contribution is -0.132. The summed E-state index contributed by atoms with van der Waals surface area (Å²) in [5.41, 5.74) is 0.203. The molecule has 0 amide bonds. The van der Waals surface area contributed by atoms with Crippen LogP contribution in [0.1, 0.15) is 55.0 Å². The lowest BCUT2D eigenvalue weighted by Crippen LogP contribution is -2.39. The van der Waals surface area contributed by atoms with E-state index in [2.05, 4.69) is 0 Å². The average molecular weight is 248 g/mol. The number of carbonyl (C=O) groups is 2. The lowest BCUT2D eigenvalue weighted by atomic mass is 9.69. The van der Waals surface area contributed by atoms with Crippen molar-refractivity contribution in [2.75, 3.05) is 0 Å². The van der Waals surface area contributed by atoms with Gasteiger partial charge in [0.1, 0.15) is 17.3 Å². The second kappa shape index (κ2) is 4.38. The summed E-state index contributed by atoms with van der Waals surface area (Å²) in [5, 5.41) is 0. The van der Waals surface area contributed by atoms with Crippen LogP contribution in [-0.2, 0) is 4.79 Å². The third-order valence-corrected chi connectivity index (χ3v) is 3.90. The number of Topliss-reactive ketones (excluding diaryl/α,β-unsaturated/α-hetero) is 2. The molecular weight excluding hydrogens is 228 g/mol. The van der Waals surface area contributed by atoms with Gasteiger partial charge < -0.3 is 4.42 Å². The minimum Gasteiger partial charge on any atom is -0.466 e. The van der Waals surface area contributed by atoms with Crippen LogP contribution >= 0.6 is 0 Å². The first kappa shape index (κ1) is 13.1. The fourth-order valence-corrected chi connectivity index (χ4v) is 2.79. The van der Waals surface area contributed by atoms with E-state index in [1.807, 2.05) is 20.8 Å². The number of hydrogen-bond donors (Lipinski definition) is 0. The Kier molecular flexibility index (Phi) is 3.18. The summed E-state index contributed by atoms with van der Waals surface area (Å²) < 4.78 is 5.38. The fourth-order valence-electron chi connectivity index (χ4n) is 2.79. The van der Waals surface area contributed by atoms with Gasteiger partial charge in [0.25, 0.3) is 0 Å². The molecule has 1 heterocycles. The van der Waals surface area contributed by atoms with Crippen molar-refractivity contribution in [3.8, 4) is 0 Å². The summed E-state index contributed by atoms with van der Waals surface area (Å²) in [6.45, 7) is 7.46. The summed E-state index contributed by atoms with van der Waals surface area (Å²) in [4.78, 5) is 24.8. The molecule has 18 heavy (non-hydrogen) atoms. The molecule has 98 valence electrons. The summed E-state index contributed by atoms with van der Waals surface area (Å²) >= 11 is 0. The standard InChI is InChI=1S/C15H20O3/c1-9-8-12(10(2)18-9)13(16)11-6-5-7-15(3,4)14(11)17/h8,11H,5-7H2,1-4H3. The van der Waals surface area contributed by atoms with E-state index in [1.54, 1.807) is 13.0 Å². The average Bonchev–Trinajstić information content (AvgIpc) is 2.61. The van der Waals surface area contributed by atoms with E-state index in [1.165, 1.54) is 0 Å². The van der Waals surface area contributed by atoms with Crippen LogP contribution in [0, 0.1) is 25.2 Å². The van der Waals surface area contributed by atoms with E-state index in [4.69, 9.17) is 4.42 Å². The molecule has 0 radical (unpaired) electrons. The minimum absolute atomic E-state index is 0.0675. The van der Waals surface area contributed by atoms with Crippen molar-refractivity contribution in [1.82, 2.24) is 0 Å². The van der Waals surface area contributed by atoms with Gasteiger partial charge in [-0.05, 0) is 32.8 Å². The SMILES string of the molecule is Cc1cc(C(=O)C2CCCC(C)(C)C2=O)c(C)o1. The van der Waals surface area contributed by atoms with Gasteiger partial charge in [0.15, 0.2) is 5.78 Å². The maximum Gasteiger partial charge on any atom is 0.176 e. The van der Waals surface area contributed by atoms with Crippen molar-refractivity contribution in [2.45, 2.75) is 47.0 Å². The van der Waals surface area contributed by atoms with Gasteiger partial charge in [-0.25, -0.2) is 0 Å². The molecule has 1 fully saturated rings. The number of rotatable bonds is 2. The zero-order valence-corrected chi connectivity index (χ0v) is 11.5. The summed E-state index contributed by atoms with van der Waals surface area (Å²) in [7, 11) is 0. The van der Waals surface area contributed by atoms with Crippen LogP contribution in [0.5, 0.6) is 0 Å². The van der Waals surface area contributed by atoms with Crippen molar-refractivity contribution in [1.29, 1.82) is 0 Å². The Labute approximate surface area is 108 Å². The van der Waals surface area contributed by atoms with Crippen LogP contribution < -0.4 is 0 Å². The van der Waals surface area contributed by atoms with E-state index in [0.29, 0.717) is 17.7 Å². The highest BCUT2D eigenvalue weighted by Crippen LogP contribution is 2.37. The number of hydrogen-bond acceptors (Lipinski definition) is 3. The molecule has 1 unspecified atom stereocenters. The van der Waals surface area contributed by atoms with Gasteiger partial charge in [0.2, 0.25) is 0 Å².